The van der Waals surface area contributed by atoms with Gasteiger partial charge in [-0.05, 0) is 56.2 Å². The summed E-state index contributed by atoms with van der Waals surface area (Å²) in [6.07, 6.45) is 5.36. The second-order valence-corrected chi connectivity index (χ2v) is 7.85. The largest absolute Gasteiger partial charge is 0.381 e. The summed E-state index contributed by atoms with van der Waals surface area (Å²) in [4.78, 5) is 12.7. The van der Waals surface area contributed by atoms with Crippen molar-refractivity contribution in [3.8, 4) is 0 Å². The van der Waals surface area contributed by atoms with E-state index in [4.69, 9.17) is 4.74 Å². The Bertz CT molecular complexity index is 575. The van der Waals surface area contributed by atoms with Gasteiger partial charge in [0.2, 0.25) is 5.91 Å². The molecule has 1 spiro atoms. The van der Waals surface area contributed by atoms with Crippen molar-refractivity contribution in [2.45, 2.75) is 37.5 Å². The molecule has 1 aliphatic carbocycles. The van der Waals surface area contributed by atoms with Gasteiger partial charge < -0.3 is 15.4 Å². The molecule has 0 radical (unpaired) electrons. The number of amides is 1. The molecule has 130 valence electrons. The summed E-state index contributed by atoms with van der Waals surface area (Å²) in [7, 11) is 0. The summed E-state index contributed by atoms with van der Waals surface area (Å²) in [5.41, 5.74) is 1.68. The fraction of sp³-hybridized carbons (Fsp3) is 0.650. The maximum Gasteiger partial charge on any atom is 0.223 e. The van der Waals surface area contributed by atoms with Crippen LogP contribution >= 0.6 is 0 Å². The van der Waals surface area contributed by atoms with Gasteiger partial charge in [-0.3, -0.25) is 4.79 Å². The summed E-state index contributed by atoms with van der Waals surface area (Å²) in [6, 6.07) is 10.6. The molecule has 3 aliphatic rings. The van der Waals surface area contributed by atoms with Gasteiger partial charge in [0.05, 0.1) is 0 Å². The summed E-state index contributed by atoms with van der Waals surface area (Å²) >= 11 is 0. The normalized spacial score (nSPS) is 27.6. The van der Waals surface area contributed by atoms with E-state index in [9.17, 15) is 4.79 Å². The number of carbonyl (C=O) groups excluding carboxylic acids is 1. The third-order valence-electron chi connectivity index (χ3n) is 6.54. The molecule has 1 saturated carbocycles. The molecular formula is C20H28N2O2. The Balaban J connectivity index is 1.42. The van der Waals surface area contributed by atoms with Gasteiger partial charge in [-0.2, -0.15) is 0 Å². The van der Waals surface area contributed by atoms with Crippen LogP contribution in [-0.4, -0.2) is 38.8 Å². The number of piperidine rings is 1. The molecular weight excluding hydrogens is 300 g/mol. The predicted molar refractivity (Wildman–Crippen MR) is 93.8 cm³/mol. The molecule has 2 saturated heterocycles. The Labute approximate surface area is 144 Å². The lowest BCUT2D eigenvalue weighted by Crippen LogP contribution is -2.45. The van der Waals surface area contributed by atoms with Crippen LogP contribution in [0.5, 0.6) is 0 Å². The lowest BCUT2D eigenvalue weighted by Gasteiger charge is -2.38. The zero-order valence-electron chi connectivity index (χ0n) is 14.4. The minimum absolute atomic E-state index is 0.0331. The highest BCUT2D eigenvalue weighted by molar-refractivity contribution is 5.82. The Morgan fingerprint density at radius 1 is 1.12 bits per heavy atom. The number of nitrogens with one attached hydrogen (secondary N) is 2. The van der Waals surface area contributed by atoms with E-state index < -0.39 is 0 Å². The summed E-state index contributed by atoms with van der Waals surface area (Å²) in [6.45, 7) is 4.43. The smallest absolute Gasteiger partial charge is 0.223 e. The first kappa shape index (κ1) is 16.1. The maximum atomic E-state index is 12.7. The van der Waals surface area contributed by atoms with Gasteiger partial charge in [-0.1, -0.05) is 30.3 Å². The van der Waals surface area contributed by atoms with Crippen molar-refractivity contribution in [2.24, 2.45) is 11.3 Å². The first-order chi connectivity index (χ1) is 11.7. The highest BCUT2D eigenvalue weighted by Crippen LogP contribution is 2.58. The van der Waals surface area contributed by atoms with Crippen LogP contribution in [0.2, 0.25) is 0 Å². The fourth-order valence-corrected chi connectivity index (χ4v) is 4.70. The summed E-state index contributed by atoms with van der Waals surface area (Å²) in [5.74, 6) is 0.519. The van der Waals surface area contributed by atoms with Gasteiger partial charge in [-0.15, -0.1) is 0 Å². The number of carbonyl (C=O) groups is 1. The van der Waals surface area contributed by atoms with E-state index in [-0.39, 0.29) is 17.2 Å². The molecule has 2 N–H and O–H groups in total. The number of hydrogen-bond acceptors (Lipinski definition) is 3. The Kier molecular flexibility index (Phi) is 4.35. The summed E-state index contributed by atoms with van der Waals surface area (Å²) in [5, 5.41) is 6.72. The molecule has 0 bridgehead atoms. The number of rotatable bonds is 4. The van der Waals surface area contributed by atoms with Gasteiger partial charge in [0, 0.05) is 31.1 Å². The van der Waals surface area contributed by atoms with Gasteiger partial charge in [-0.25, -0.2) is 0 Å². The van der Waals surface area contributed by atoms with Crippen LogP contribution in [-0.2, 0) is 14.9 Å². The van der Waals surface area contributed by atoms with Gasteiger partial charge >= 0.3 is 0 Å². The topological polar surface area (TPSA) is 50.4 Å². The zero-order chi connectivity index (χ0) is 16.5. The van der Waals surface area contributed by atoms with Gasteiger partial charge in [0.15, 0.2) is 0 Å². The Morgan fingerprint density at radius 2 is 1.83 bits per heavy atom. The third kappa shape index (κ3) is 2.98. The van der Waals surface area contributed by atoms with Crippen molar-refractivity contribution in [1.29, 1.82) is 0 Å². The molecule has 2 aliphatic heterocycles. The van der Waals surface area contributed by atoms with Crippen LogP contribution in [0.4, 0.5) is 0 Å². The zero-order valence-corrected chi connectivity index (χ0v) is 14.4. The van der Waals surface area contributed by atoms with Crippen LogP contribution < -0.4 is 10.6 Å². The Hall–Kier alpha value is -1.39. The van der Waals surface area contributed by atoms with Crippen LogP contribution in [0.3, 0.4) is 0 Å². The van der Waals surface area contributed by atoms with Crippen molar-refractivity contribution in [3.63, 3.8) is 0 Å². The lowest BCUT2D eigenvalue weighted by atomic mass is 9.74. The van der Waals surface area contributed by atoms with E-state index in [1.807, 2.05) is 0 Å². The van der Waals surface area contributed by atoms with Crippen molar-refractivity contribution in [3.05, 3.63) is 35.9 Å². The number of ether oxygens (including phenoxy) is 1. The van der Waals surface area contributed by atoms with Crippen LogP contribution in [0.15, 0.2) is 30.3 Å². The van der Waals surface area contributed by atoms with E-state index >= 15 is 0 Å². The number of hydrogen-bond donors (Lipinski definition) is 2. The van der Waals surface area contributed by atoms with Crippen molar-refractivity contribution < 1.29 is 9.53 Å². The quantitative estimate of drug-likeness (QED) is 0.891. The van der Waals surface area contributed by atoms with E-state index in [1.165, 1.54) is 5.56 Å². The van der Waals surface area contributed by atoms with Crippen LogP contribution in [0.1, 0.15) is 37.7 Å². The van der Waals surface area contributed by atoms with Crippen molar-refractivity contribution in [1.82, 2.24) is 10.6 Å². The predicted octanol–water partition coefficient (Wildman–Crippen LogP) is 2.24. The minimum atomic E-state index is 0.0331. The molecule has 1 aromatic rings. The molecule has 4 rings (SSSR count). The van der Waals surface area contributed by atoms with Gasteiger partial charge in [0.1, 0.15) is 0 Å². The lowest BCUT2D eigenvalue weighted by molar-refractivity contribution is -0.123. The molecule has 0 unspecified atom stereocenters. The second-order valence-electron chi connectivity index (χ2n) is 7.85. The highest BCUT2D eigenvalue weighted by Gasteiger charge is 2.57. The minimum Gasteiger partial charge on any atom is -0.381 e. The second kappa shape index (κ2) is 6.49. The SMILES string of the molecule is O=C(NCC1(c2ccccc2)CCOCC1)[C@H]1CC12CCNCC2. The molecule has 4 heteroatoms. The molecule has 3 fully saturated rings. The molecule has 2 heterocycles. The van der Waals surface area contributed by atoms with E-state index in [2.05, 4.69) is 41.0 Å². The summed E-state index contributed by atoms with van der Waals surface area (Å²) < 4.78 is 5.58. The van der Waals surface area contributed by atoms with Crippen LogP contribution in [0.25, 0.3) is 0 Å². The molecule has 1 aromatic carbocycles. The fourth-order valence-electron chi connectivity index (χ4n) is 4.70. The first-order valence-electron chi connectivity index (χ1n) is 9.36. The average molecular weight is 328 g/mol. The standard InChI is InChI=1S/C20H28N2O2/c23-18(17-14-19(17)6-10-21-11-7-19)22-15-20(8-12-24-13-9-20)16-4-2-1-3-5-16/h1-5,17,21H,6-15H2,(H,22,23)/t17-/m1/s1. The average Bonchev–Trinajstić information content (AvgIpc) is 3.35. The van der Waals surface area contributed by atoms with Crippen LogP contribution in [0, 0.1) is 11.3 Å². The molecule has 4 nitrogen and oxygen atoms in total. The monoisotopic (exact) mass is 328 g/mol. The molecule has 1 amide bonds. The maximum absolute atomic E-state index is 12.7. The highest BCUT2D eigenvalue weighted by atomic mass is 16.5. The van der Waals surface area contributed by atoms with Gasteiger partial charge in [0.25, 0.3) is 0 Å². The third-order valence-corrected chi connectivity index (χ3v) is 6.54. The molecule has 0 aromatic heterocycles. The number of benzene rings is 1. The Morgan fingerprint density at radius 3 is 2.54 bits per heavy atom. The first-order valence-corrected chi connectivity index (χ1v) is 9.36. The molecule has 1 atom stereocenters. The van der Waals surface area contributed by atoms with E-state index in [0.29, 0.717) is 5.41 Å². The molecule has 24 heavy (non-hydrogen) atoms. The van der Waals surface area contributed by atoms with E-state index in [1.54, 1.807) is 0 Å². The van der Waals surface area contributed by atoms with Crippen molar-refractivity contribution >= 4 is 5.91 Å². The van der Waals surface area contributed by atoms with Crippen molar-refractivity contribution in [2.75, 3.05) is 32.8 Å². The van der Waals surface area contributed by atoms with E-state index in [0.717, 1.165) is 65.0 Å².